The van der Waals surface area contributed by atoms with Crippen molar-refractivity contribution in [3.63, 3.8) is 0 Å². The van der Waals surface area contributed by atoms with Crippen molar-refractivity contribution >= 4 is 11.9 Å². The first-order chi connectivity index (χ1) is 8.66. The van der Waals surface area contributed by atoms with E-state index in [4.69, 9.17) is 0 Å². The molecule has 3 nitrogen and oxygen atoms in total. The van der Waals surface area contributed by atoms with E-state index in [0.717, 1.165) is 11.3 Å². The highest BCUT2D eigenvalue weighted by molar-refractivity contribution is 5.84. The van der Waals surface area contributed by atoms with Gasteiger partial charge >= 0.3 is 0 Å². The third-order valence-corrected chi connectivity index (χ3v) is 3.53. The molecule has 1 fully saturated rings. The van der Waals surface area contributed by atoms with Crippen molar-refractivity contribution in [3.05, 3.63) is 23.8 Å². The Labute approximate surface area is 109 Å². The average molecular weight is 246 g/mol. The van der Waals surface area contributed by atoms with Crippen LogP contribution in [-0.4, -0.2) is 31.5 Å². The van der Waals surface area contributed by atoms with Crippen molar-refractivity contribution in [1.29, 1.82) is 0 Å². The third kappa shape index (κ3) is 3.25. The molecule has 1 aromatic rings. The van der Waals surface area contributed by atoms with E-state index >= 15 is 0 Å². The summed E-state index contributed by atoms with van der Waals surface area (Å²) in [5.41, 5.74) is 1.81. The van der Waals surface area contributed by atoms with E-state index in [1.807, 2.05) is 37.3 Å². The summed E-state index contributed by atoms with van der Waals surface area (Å²) in [6.07, 6.45) is 8.11. The molecule has 1 saturated carbocycles. The Balaban J connectivity index is 2.06. The summed E-state index contributed by atoms with van der Waals surface area (Å²) in [4.78, 5) is 6.56. The molecule has 0 aliphatic heterocycles. The summed E-state index contributed by atoms with van der Waals surface area (Å²) in [6, 6.07) is 6.16. The van der Waals surface area contributed by atoms with Gasteiger partial charge in [0, 0.05) is 43.7 Å². The Bertz CT molecular complexity index is 421. The van der Waals surface area contributed by atoms with Gasteiger partial charge in [0.2, 0.25) is 0 Å². The fourth-order valence-electron chi connectivity index (χ4n) is 2.34. The Morgan fingerprint density at radius 2 is 1.94 bits per heavy atom. The van der Waals surface area contributed by atoms with Crippen LogP contribution in [0.15, 0.2) is 23.2 Å². The number of phenols is 1. The quantitative estimate of drug-likeness (QED) is 0.831. The maximum Gasteiger partial charge on any atom is 0.126 e. The molecule has 0 atom stereocenters. The standard InChI is InChI=1S/C15H22N2O/c1-17(2)14-9-8-12(15(18)10-14)11-16-13-6-4-3-5-7-13/h8-11,13,18H,3-7H2,1-2H3. The Morgan fingerprint density at radius 1 is 1.22 bits per heavy atom. The maximum atomic E-state index is 9.95. The zero-order valence-corrected chi connectivity index (χ0v) is 11.3. The summed E-state index contributed by atoms with van der Waals surface area (Å²) in [6.45, 7) is 0. The van der Waals surface area contributed by atoms with Gasteiger partial charge in [-0.1, -0.05) is 19.3 Å². The summed E-state index contributed by atoms with van der Waals surface area (Å²) in [5, 5.41) is 9.95. The molecule has 0 spiro atoms. The van der Waals surface area contributed by atoms with Crippen molar-refractivity contribution in [2.45, 2.75) is 38.1 Å². The minimum Gasteiger partial charge on any atom is -0.507 e. The molecule has 1 aliphatic carbocycles. The zero-order chi connectivity index (χ0) is 13.0. The molecule has 0 radical (unpaired) electrons. The van der Waals surface area contributed by atoms with Gasteiger partial charge in [0.1, 0.15) is 5.75 Å². The fraction of sp³-hybridized carbons (Fsp3) is 0.533. The van der Waals surface area contributed by atoms with E-state index in [9.17, 15) is 5.11 Å². The van der Waals surface area contributed by atoms with Crippen molar-refractivity contribution < 1.29 is 5.11 Å². The van der Waals surface area contributed by atoms with Crippen LogP contribution in [0.5, 0.6) is 5.75 Å². The van der Waals surface area contributed by atoms with Crippen molar-refractivity contribution in [3.8, 4) is 5.75 Å². The highest BCUT2D eigenvalue weighted by atomic mass is 16.3. The second-order valence-corrected chi connectivity index (χ2v) is 5.21. The monoisotopic (exact) mass is 246 g/mol. The van der Waals surface area contributed by atoms with Gasteiger partial charge in [0.05, 0.1) is 0 Å². The first kappa shape index (κ1) is 12.9. The molecule has 0 aromatic heterocycles. The van der Waals surface area contributed by atoms with E-state index in [-0.39, 0.29) is 0 Å². The Hall–Kier alpha value is -1.51. The fourth-order valence-corrected chi connectivity index (χ4v) is 2.34. The van der Waals surface area contributed by atoms with E-state index < -0.39 is 0 Å². The van der Waals surface area contributed by atoms with Crippen LogP contribution >= 0.6 is 0 Å². The zero-order valence-electron chi connectivity index (χ0n) is 11.3. The first-order valence-electron chi connectivity index (χ1n) is 6.70. The van der Waals surface area contributed by atoms with Gasteiger partial charge in [0.25, 0.3) is 0 Å². The molecule has 0 saturated heterocycles. The number of aliphatic imine (C=N–C) groups is 1. The number of benzene rings is 1. The van der Waals surface area contributed by atoms with Gasteiger partial charge in [0.15, 0.2) is 0 Å². The molecular formula is C15H22N2O. The molecule has 0 unspecified atom stereocenters. The third-order valence-electron chi connectivity index (χ3n) is 3.53. The minimum atomic E-state index is 0.306. The van der Waals surface area contributed by atoms with Crippen LogP contribution < -0.4 is 4.90 Å². The van der Waals surface area contributed by atoms with Gasteiger partial charge in [-0.2, -0.15) is 0 Å². The Morgan fingerprint density at radius 3 is 2.56 bits per heavy atom. The second-order valence-electron chi connectivity index (χ2n) is 5.21. The lowest BCUT2D eigenvalue weighted by atomic mass is 9.96. The van der Waals surface area contributed by atoms with Crippen LogP contribution in [0, 0.1) is 0 Å². The molecule has 1 aliphatic rings. The smallest absolute Gasteiger partial charge is 0.126 e. The molecule has 3 heteroatoms. The summed E-state index contributed by atoms with van der Waals surface area (Å²) < 4.78 is 0. The maximum absolute atomic E-state index is 9.95. The van der Waals surface area contributed by atoms with Gasteiger partial charge in [-0.25, -0.2) is 0 Å². The van der Waals surface area contributed by atoms with Gasteiger partial charge in [-0.05, 0) is 25.0 Å². The van der Waals surface area contributed by atoms with Crippen molar-refractivity contribution in [2.75, 3.05) is 19.0 Å². The number of phenolic OH excluding ortho intramolecular Hbond substituents is 1. The molecule has 18 heavy (non-hydrogen) atoms. The molecule has 0 bridgehead atoms. The van der Waals surface area contributed by atoms with Crippen molar-refractivity contribution in [2.24, 2.45) is 4.99 Å². The number of anilines is 1. The number of hydrogen-bond acceptors (Lipinski definition) is 3. The largest absolute Gasteiger partial charge is 0.507 e. The van der Waals surface area contributed by atoms with Gasteiger partial charge < -0.3 is 10.0 Å². The second kappa shape index (κ2) is 5.89. The highest BCUT2D eigenvalue weighted by Gasteiger charge is 2.11. The lowest BCUT2D eigenvalue weighted by molar-refractivity contribution is 0.444. The first-order valence-corrected chi connectivity index (χ1v) is 6.70. The Kier molecular flexibility index (Phi) is 4.24. The van der Waals surface area contributed by atoms with Crippen LogP contribution in [0.3, 0.4) is 0 Å². The molecule has 0 heterocycles. The van der Waals surface area contributed by atoms with Crippen LogP contribution in [0.2, 0.25) is 0 Å². The topological polar surface area (TPSA) is 35.8 Å². The van der Waals surface area contributed by atoms with Crippen LogP contribution in [0.25, 0.3) is 0 Å². The molecule has 2 rings (SSSR count). The lowest BCUT2D eigenvalue weighted by Crippen LogP contribution is -2.10. The lowest BCUT2D eigenvalue weighted by Gasteiger charge is -2.17. The SMILES string of the molecule is CN(C)c1ccc(C=NC2CCCCC2)c(O)c1. The number of hydrogen-bond donors (Lipinski definition) is 1. The van der Waals surface area contributed by atoms with Crippen LogP contribution in [-0.2, 0) is 0 Å². The number of aromatic hydroxyl groups is 1. The van der Waals surface area contributed by atoms with Gasteiger partial charge in [-0.15, -0.1) is 0 Å². The molecule has 98 valence electrons. The van der Waals surface area contributed by atoms with E-state index in [1.54, 1.807) is 6.07 Å². The highest BCUT2D eigenvalue weighted by Crippen LogP contribution is 2.24. The van der Waals surface area contributed by atoms with E-state index in [0.29, 0.717) is 11.8 Å². The van der Waals surface area contributed by atoms with Gasteiger partial charge in [-0.3, -0.25) is 4.99 Å². The summed E-state index contributed by atoms with van der Waals surface area (Å²) >= 11 is 0. The molecule has 1 N–H and O–H groups in total. The predicted octanol–water partition coefficient (Wildman–Crippen LogP) is 3.21. The molecule has 1 aromatic carbocycles. The molecular weight excluding hydrogens is 224 g/mol. The minimum absolute atomic E-state index is 0.306. The number of nitrogens with zero attached hydrogens (tertiary/aromatic N) is 2. The predicted molar refractivity (Wildman–Crippen MR) is 76.9 cm³/mol. The molecule has 0 amide bonds. The van der Waals surface area contributed by atoms with Crippen LogP contribution in [0.4, 0.5) is 5.69 Å². The average Bonchev–Trinajstić information content (AvgIpc) is 2.38. The summed E-state index contributed by atoms with van der Waals surface area (Å²) in [5.74, 6) is 0.306. The normalized spacial score (nSPS) is 17.2. The van der Waals surface area contributed by atoms with Crippen molar-refractivity contribution in [1.82, 2.24) is 0 Å². The summed E-state index contributed by atoms with van der Waals surface area (Å²) in [7, 11) is 3.93. The van der Waals surface area contributed by atoms with E-state index in [2.05, 4.69) is 4.99 Å². The number of rotatable bonds is 3. The van der Waals surface area contributed by atoms with Crippen LogP contribution in [0.1, 0.15) is 37.7 Å². The van der Waals surface area contributed by atoms with E-state index in [1.165, 1.54) is 32.1 Å².